The Hall–Kier alpha value is -3.35. The van der Waals surface area contributed by atoms with Gasteiger partial charge in [0.1, 0.15) is 0 Å². The van der Waals surface area contributed by atoms with Gasteiger partial charge in [0, 0.05) is 44.3 Å². The number of anilines is 2. The summed E-state index contributed by atoms with van der Waals surface area (Å²) in [6, 6.07) is 12.8. The van der Waals surface area contributed by atoms with Gasteiger partial charge in [-0.3, -0.25) is 4.79 Å². The van der Waals surface area contributed by atoms with Gasteiger partial charge in [0.15, 0.2) is 0 Å². The highest BCUT2D eigenvalue weighted by Gasteiger charge is 2.42. The molecular weight excluding hydrogens is 412 g/mol. The molecule has 0 unspecified atom stereocenters. The van der Waals surface area contributed by atoms with Crippen LogP contribution >= 0.6 is 0 Å². The van der Waals surface area contributed by atoms with Crippen LogP contribution in [0.15, 0.2) is 48.8 Å². The van der Waals surface area contributed by atoms with E-state index in [1.165, 1.54) is 24.2 Å². The third-order valence-electron chi connectivity index (χ3n) is 7.49. The standard InChI is InChI=1S/C26H30N6O/c1-2-20-19(18-27-25(28-20)31-13-5-6-14-31)24(33)30-16-11-26(12-17-30)23-10-7-15-32(23)22-9-4-3-8-21(22)29-26/h3-4,7-10,15,18,29H,2,5-6,11-14,16-17H2,1H3. The first kappa shape index (κ1) is 20.3. The van der Waals surface area contributed by atoms with Crippen LogP contribution in [0.3, 0.4) is 0 Å². The first-order chi connectivity index (χ1) is 16.2. The molecule has 3 aliphatic rings. The van der Waals surface area contributed by atoms with Crippen molar-refractivity contribution in [3.05, 3.63) is 65.7 Å². The molecule has 33 heavy (non-hydrogen) atoms. The number of para-hydroxylation sites is 2. The zero-order valence-corrected chi connectivity index (χ0v) is 19.1. The number of nitrogens with one attached hydrogen (secondary N) is 1. The summed E-state index contributed by atoms with van der Waals surface area (Å²) in [5, 5.41) is 3.83. The predicted octanol–water partition coefficient (Wildman–Crippen LogP) is 3.99. The monoisotopic (exact) mass is 442 g/mol. The fourth-order valence-corrected chi connectivity index (χ4v) is 5.66. The second-order valence-electron chi connectivity index (χ2n) is 9.36. The minimum absolute atomic E-state index is 0.0567. The molecule has 1 spiro atoms. The van der Waals surface area contributed by atoms with Crippen molar-refractivity contribution in [2.24, 2.45) is 0 Å². The number of carbonyl (C=O) groups excluding carboxylic acids is 1. The Bertz CT molecular complexity index is 1190. The van der Waals surface area contributed by atoms with Crippen molar-refractivity contribution in [1.29, 1.82) is 0 Å². The second kappa shape index (κ2) is 7.90. The van der Waals surface area contributed by atoms with Crippen molar-refractivity contribution in [1.82, 2.24) is 19.4 Å². The van der Waals surface area contributed by atoms with Gasteiger partial charge in [-0.25, -0.2) is 9.97 Å². The highest BCUT2D eigenvalue weighted by atomic mass is 16.2. The van der Waals surface area contributed by atoms with Crippen molar-refractivity contribution in [3.8, 4) is 5.69 Å². The minimum Gasteiger partial charge on any atom is -0.372 e. The molecule has 0 radical (unpaired) electrons. The molecule has 1 aromatic carbocycles. The Morgan fingerprint density at radius 2 is 1.85 bits per heavy atom. The Balaban J connectivity index is 1.22. The molecule has 1 amide bonds. The molecule has 7 nitrogen and oxygen atoms in total. The summed E-state index contributed by atoms with van der Waals surface area (Å²) in [6.45, 7) is 5.48. The van der Waals surface area contributed by atoms with E-state index in [1.54, 1.807) is 6.20 Å². The van der Waals surface area contributed by atoms with E-state index in [9.17, 15) is 4.79 Å². The molecule has 0 atom stereocenters. The predicted molar refractivity (Wildman–Crippen MR) is 129 cm³/mol. The molecule has 3 aromatic rings. The normalized spacial score (nSPS) is 18.7. The van der Waals surface area contributed by atoms with Gasteiger partial charge in [0.25, 0.3) is 5.91 Å². The molecule has 2 aromatic heterocycles. The lowest BCUT2D eigenvalue weighted by atomic mass is 9.82. The summed E-state index contributed by atoms with van der Waals surface area (Å²) in [5.74, 6) is 0.825. The molecule has 0 saturated carbocycles. The molecule has 0 aliphatic carbocycles. The molecule has 1 N–H and O–H groups in total. The van der Waals surface area contributed by atoms with Gasteiger partial charge in [-0.05, 0) is 56.4 Å². The Labute approximate surface area is 194 Å². The second-order valence-corrected chi connectivity index (χ2v) is 9.36. The Morgan fingerprint density at radius 3 is 2.64 bits per heavy atom. The highest BCUT2D eigenvalue weighted by Crippen LogP contribution is 2.43. The fourth-order valence-electron chi connectivity index (χ4n) is 5.66. The smallest absolute Gasteiger partial charge is 0.257 e. The number of hydrogen-bond acceptors (Lipinski definition) is 5. The molecule has 0 bridgehead atoms. The average molecular weight is 443 g/mol. The summed E-state index contributed by atoms with van der Waals surface area (Å²) in [4.78, 5) is 27.0. The number of amides is 1. The third-order valence-corrected chi connectivity index (χ3v) is 7.49. The van der Waals surface area contributed by atoms with Crippen LogP contribution in [0, 0.1) is 0 Å². The summed E-state index contributed by atoms with van der Waals surface area (Å²) in [5.41, 5.74) is 4.97. The zero-order valence-electron chi connectivity index (χ0n) is 19.1. The number of rotatable bonds is 3. The maximum Gasteiger partial charge on any atom is 0.257 e. The lowest BCUT2D eigenvalue weighted by Crippen LogP contribution is -2.51. The molecule has 5 heterocycles. The van der Waals surface area contributed by atoms with Crippen molar-refractivity contribution in [3.63, 3.8) is 0 Å². The SMILES string of the molecule is CCc1nc(N2CCCC2)ncc1C(=O)N1CCC2(CC1)Nc1ccccc1-n1cccc12. The molecule has 2 saturated heterocycles. The van der Waals surface area contributed by atoms with Gasteiger partial charge in [0.2, 0.25) is 5.95 Å². The fraction of sp³-hybridized carbons (Fsp3) is 0.423. The maximum absolute atomic E-state index is 13.5. The van der Waals surface area contributed by atoms with E-state index in [1.807, 2.05) is 4.90 Å². The largest absolute Gasteiger partial charge is 0.372 e. The topological polar surface area (TPSA) is 66.3 Å². The van der Waals surface area contributed by atoms with Gasteiger partial charge in [-0.2, -0.15) is 0 Å². The van der Waals surface area contributed by atoms with Gasteiger partial charge >= 0.3 is 0 Å². The van der Waals surface area contributed by atoms with Crippen LogP contribution in [0.1, 0.15) is 54.4 Å². The van der Waals surface area contributed by atoms with E-state index < -0.39 is 0 Å². The van der Waals surface area contributed by atoms with Crippen molar-refractivity contribution in [2.45, 2.75) is 44.6 Å². The third kappa shape index (κ3) is 3.29. The number of likely N-dealkylation sites (tertiary alicyclic amines) is 1. The highest BCUT2D eigenvalue weighted by molar-refractivity contribution is 5.95. The minimum atomic E-state index is -0.154. The number of piperidine rings is 1. The number of benzene rings is 1. The van der Waals surface area contributed by atoms with E-state index in [0.717, 1.165) is 49.7 Å². The molecular formula is C26H30N6O. The van der Waals surface area contributed by atoms with E-state index in [4.69, 9.17) is 4.98 Å². The molecule has 170 valence electrons. The van der Waals surface area contributed by atoms with Gasteiger partial charge in [-0.15, -0.1) is 0 Å². The van der Waals surface area contributed by atoms with Crippen LogP contribution in [-0.4, -0.2) is 51.5 Å². The molecule has 7 heteroatoms. The van der Waals surface area contributed by atoms with E-state index in [0.29, 0.717) is 18.7 Å². The number of hydrogen-bond donors (Lipinski definition) is 1. The number of nitrogens with zero attached hydrogens (tertiary/aromatic N) is 5. The van der Waals surface area contributed by atoms with Crippen molar-refractivity contribution < 1.29 is 4.79 Å². The molecule has 3 aliphatic heterocycles. The van der Waals surface area contributed by atoms with Crippen LogP contribution in [-0.2, 0) is 12.0 Å². The van der Waals surface area contributed by atoms with E-state index >= 15 is 0 Å². The molecule has 6 rings (SSSR count). The first-order valence-electron chi connectivity index (χ1n) is 12.1. The van der Waals surface area contributed by atoms with Gasteiger partial charge in [-0.1, -0.05) is 19.1 Å². The van der Waals surface area contributed by atoms with Crippen LogP contribution in [0.2, 0.25) is 0 Å². The summed E-state index contributed by atoms with van der Waals surface area (Å²) >= 11 is 0. The zero-order chi connectivity index (χ0) is 22.4. The Morgan fingerprint density at radius 1 is 1.06 bits per heavy atom. The van der Waals surface area contributed by atoms with E-state index in [2.05, 4.69) is 69.3 Å². The number of fused-ring (bicyclic) bond motifs is 4. The van der Waals surface area contributed by atoms with Crippen LogP contribution in [0.4, 0.5) is 11.6 Å². The average Bonchev–Trinajstić information content (AvgIpc) is 3.57. The summed E-state index contributed by atoms with van der Waals surface area (Å²) in [7, 11) is 0. The first-order valence-corrected chi connectivity index (χ1v) is 12.1. The van der Waals surface area contributed by atoms with Crippen LogP contribution in [0.25, 0.3) is 5.69 Å². The number of aryl methyl sites for hydroxylation is 1. The summed E-state index contributed by atoms with van der Waals surface area (Å²) < 4.78 is 2.30. The van der Waals surface area contributed by atoms with Crippen LogP contribution in [0.5, 0.6) is 0 Å². The van der Waals surface area contributed by atoms with Gasteiger partial charge in [0.05, 0.1) is 28.2 Å². The van der Waals surface area contributed by atoms with Crippen molar-refractivity contribution >= 4 is 17.5 Å². The number of aromatic nitrogens is 3. The Kier molecular flexibility index (Phi) is 4.85. The molecule has 2 fully saturated rings. The lowest BCUT2D eigenvalue weighted by Gasteiger charge is -2.46. The maximum atomic E-state index is 13.5. The van der Waals surface area contributed by atoms with Crippen molar-refractivity contribution in [2.75, 3.05) is 36.4 Å². The van der Waals surface area contributed by atoms with E-state index in [-0.39, 0.29) is 11.4 Å². The summed E-state index contributed by atoms with van der Waals surface area (Å²) in [6.07, 6.45) is 8.73. The van der Waals surface area contributed by atoms with Crippen LogP contribution < -0.4 is 10.2 Å². The lowest BCUT2D eigenvalue weighted by molar-refractivity contribution is 0.0674. The van der Waals surface area contributed by atoms with Gasteiger partial charge < -0.3 is 19.7 Å². The number of carbonyl (C=O) groups is 1. The quantitative estimate of drug-likeness (QED) is 0.665.